The molecule has 0 aliphatic heterocycles. The molecule has 4 nitrogen and oxygen atoms in total. The maximum absolute atomic E-state index is 10.9. The summed E-state index contributed by atoms with van der Waals surface area (Å²) in [5.41, 5.74) is 0.295. The maximum atomic E-state index is 10.9. The molecule has 2 N–H and O–H groups in total. The molecule has 0 aliphatic rings. The first-order chi connectivity index (χ1) is 7.11. The van der Waals surface area contributed by atoms with Crippen molar-refractivity contribution in [2.24, 2.45) is 0 Å². The summed E-state index contributed by atoms with van der Waals surface area (Å²) in [5.74, 6) is -2.08. The van der Waals surface area contributed by atoms with Crippen LogP contribution < -0.4 is 0 Å². The van der Waals surface area contributed by atoms with Gasteiger partial charge in [0.1, 0.15) is 0 Å². The number of carbonyl (C=O) groups is 2. The number of rotatable bonds is 2. The Hall–Kier alpha value is -1.88. The second kappa shape index (κ2) is 3.36. The molecule has 0 bridgehead atoms. The fourth-order valence-electron chi connectivity index (χ4n) is 1.39. The van der Waals surface area contributed by atoms with Gasteiger partial charge in [0.25, 0.3) is 0 Å². The van der Waals surface area contributed by atoms with Gasteiger partial charge in [-0.2, -0.15) is 0 Å². The van der Waals surface area contributed by atoms with Crippen LogP contribution in [-0.4, -0.2) is 22.2 Å². The highest BCUT2D eigenvalue weighted by atomic mass is 32.1. The summed E-state index contributed by atoms with van der Waals surface area (Å²) < 4.78 is 0.502. The first-order valence-electron chi connectivity index (χ1n) is 4.08. The van der Waals surface area contributed by atoms with E-state index in [0.717, 1.165) is 11.3 Å². The zero-order chi connectivity index (χ0) is 11.0. The molecule has 5 heteroatoms. The van der Waals surface area contributed by atoms with E-state index in [1.165, 1.54) is 11.4 Å². The van der Waals surface area contributed by atoms with E-state index in [1.54, 1.807) is 12.1 Å². The van der Waals surface area contributed by atoms with E-state index in [1.807, 2.05) is 0 Å². The standard InChI is InChI=1S/C10H6O4S/c11-9(12)6-3-1-2-5-7(10(13)14)4-15-8(5)6/h1-4H,(H,11,12)(H,13,14). The number of hydrogen-bond donors (Lipinski definition) is 2. The summed E-state index contributed by atoms with van der Waals surface area (Å²) in [6.07, 6.45) is 0. The van der Waals surface area contributed by atoms with Crippen LogP contribution in [0.1, 0.15) is 20.7 Å². The summed E-state index contributed by atoms with van der Waals surface area (Å²) in [7, 11) is 0. The highest BCUT2D eigenvalue weighted by Crippen LogP contribution is 2.29. The molecule has 0 fully saturated rings. The molecule has 76 valence electrons. The second-order valence-electron chi connectivity index (χ2n) is 2.94. The molecule has 0 aliphatic carbocycles. The summed E-state index contributed by atoms with van der Waals surface area (Å²) in [6, 6.07) is 4.62. The Labute approximate surface area is 88.4 Å². The third-order valence-electron chi connectivity index (χ3n) is 2.06. The molecule has 0 unspecified atom stereocenters. The Balaban J connectivity index is 2.80. The lowest BCUT2D eigenvalue weighted by Crippen LogP contribution is -1.97. The molecule has 1 heterocycles. The predicted octanol–water partition coefficient (Wildman–Crippen LogP) is 2.30. The van der Waals surface area contributed by atoms with Gasteiger partial charge in [-0.15, -0.1) is 11.3 Å². The number of benzene rings is 1. The lowest BCUT2D eigenvalue weighted by Gasteiger charge is -1.96. The summed E-state index contributed by atoms with van der Waals surface area (Å²) in [4.78, 5) is 21.7. The quantitative estimate of drug-likeness (QED) is 0.817. The molecule has 15 heavy (non-hydrogen) atoms. The Bertz CT molecular complexity index is 556. The van der Waals surface area contributed by atoms with E-state index in [-0.39, 0.29) is 11.1 Å². The van der Waals surface area contributed by atoms with Gasteiger partial charge in [0.2, 0.25) is 0 Å². The van der Waals surface area contributed by atoms with E-state index in [0.29, 0.717) is 10.1 Å². The number of carboxylic acids is 2. The number of carboxylic acid groups (broad SMARTS) is 2. The largest absolute Gasteiger partial charge is 0.478 e. The molecule has 1 aromatic heterocycles. The average molecular weight is 222 g/mol. The minimum Gasteiger partial charge on any atom is -0.478 e. The van der Waals surface area contributed by atoms with Gasteiger partial charge in [-0.3, -0.25) is 0 Å². The van der Waals surface area contributed by atoms with Crippen molar-refractivity contribution in [1.82, 2.24) is 0 Å². The smallest absolute Gasteiger partial charge is 0.337 e. The van der Waals surface area contributed by atoms with Crippen LogP contribution >= 0.6 is 11.3 Å². The monoisotopic (exact) mass is 222 g/mol. The van der Waals surface area contributed by atoms with Gasteiger partial charge in [-0.25, -0.2) is 9.59 Å². The van der Waals surface area contributed by atoms with Crippen LogP contribution in [0.25, 0.3) is 10.1 Å². The first kappa shape index (κ1) is 9.67. The van der Waals surface area contributed by atoms with Gasteiger partial charge >= 0.3 is 11.9 Å². The summed E-state index contributed by atoms with van der Waals surface area (Å²) >= 11 is 1.14. The van der Waals surface area contributed by atoms with Crippen LogP contribution in [-0.2, 0) is 0 Å². The first-order valence-corrected chi connectivity index (χ1v) is 4.96. The van der Waals surface area contributed by atoms with Crippen LogP contribution in [0.4, 0.5) is 0 Å². The fourth-order valence-corrected chi connectivity index (χ4v) is 2.44. The van der Waals surface area contributed by atoms with Crippen molar-refractivity contribution in [3.05, 3.63) is 34.7 Å². The van der Waals surface area contributed by atoms with Crippen LogP contribution in [0.15, 0.2) is 23.6 Å². The molecule has 1 aromatic carbocycles. The summed E-state index contributed by atoms with van der Waals surface area (Å²) in [5, 5.41) is 19.7. The number of hydrogen-bond acceptors (Lipinski definition) is 3. The van der Waals surface area contributed by atoms with Crippen molar-refractivity contribution in [3.63, 3.8) is 0 Å². The molecule has 2 aromatic rings. The SMILES string of the molecule is O=C(O)c1csc2c(C(=O)O)cccc12. The van der Waals surface area contributed by atoms with Crippen LogP contribution in [0.5, 0.6) is 0 Å². The molecule has 0 radical (unpaired) electrons. The van der Waals surface area contributed by atoms with Crippen molar-refractivity contribution >= 4 is 33.4 Å². The van der Waals surface area contributed by atoms with Gasteiger partial charge in [0.15, 0.2) is 0 Å². The second-order valence-corrected chi connectivity index (χ2v) is 3.82. The molecule has 0 atom stereocenters. The van der Waals surface area contributed by atoms with Crippen molar-refractivity contribution in [1.29, 1.82) is 0 Å². The lowest BCUT2D eigenvalue weighted by atomic mass is 10.1. The molecule has 0 spiro atoms. The van der Waals surface area contributed by atoms with Crippen LogP contribution in [0.3, 0.4) is 0 Å². The zero-order valence-corrected chi connectivity index (χ0v) is 8.25. The van der Waals surface area contributed by atoms with E-state index >= 15 is 0 Å². The zero-order valence-electron chi connectivity index (χ0n) is 7.43. The summed E-state index contributed by atoms with van der Waals surface area (Å²) in [6.45, 7) is 0. The van der Waals surface area contributed by atoms with Gasteiger partial charge in [-0.05, 0) is 6.07 Å². The van der Waals surface area contributed by atoms with Crippen LogP contribution in [0, 0.1) is 0 Å². The van der Waals surface area contributed by atoms with E-state index in [2.05, 4.69) is 0 Å². The third kappa shape index (κ3) is 1.46. The minimum absolute atomic E-state index is 0.144. The molecule has 0 saturated heterocycles. The van der Waals surface area contributed by atoms with Crippen molar-refractivity contribution in [3.8, 4) is 0 Å². The minimum atomic E-state index is -1.04. The van der Waals surface area contributed by atoms with Gasteiger partial charge in [-0.1, -0.05) is 12.1 Å². The van der Waals surface area contributed by atoms with Gasteiger partial charge in [0.05, 0.1) is 11.1 Å². The number of aromatic carboxylic acids is 2. The van der Waals surface area contributed by atoms with E-state index in [4.69, 9.17) is 10.2 Å². The maximum Gasteiger partial charge on any atom is 0.337 e. The predicted molar refractivity (Wildman–Crippen MR) is 55.7 cm³/mol. The van der Waals surface area contributed by atoms with Crippen molar-refractivity contribution < 1.29 is 19.8 Å². The Kier molecular flexibility index (Phi) is 2.17. The molecule has 0 amide bonds. The molecular weight excluding hydrogens is 216 g/mol. The van der Waals surface area contributed by atoms with Crippen molar-refractivity contribution in [2.75, 3.05) is 0 Å². The highest BCUT2D eigenvalue weighted by molar-refractivity contribution is 7.18. The average Bonchev–Trinajstić information content (AvgIpc) is 2.59. The van der Waals surface area contributed by atoms with E-state index in [9.17, 15) is 9.59 Å². The van der Waals surface area contributed by atoms with Crippen LogP contribution in [0.2, 0.25) is 0 Å². The Morgan fingerprint density at radius 3 is 2.33 bits per heavy atom. The number of fused-ring (bicyclic) bond motifs is 1. The topological polar surface area (TPSA) is 74.6 Å². The van der Waals surface area contributed by atoms with Crippen molar-refractivity contribution in [2.45, 2.75) is 0 Å². The lowest BCUT2D eigenvalue weighted by molar-refractivity contribution is 0.0687. The van der Waals surface area contributed by atoms with Gasteiger partial charge < -0.3 is 10.2 Å². The normalized spacial score (nSPS) is 10.4. The number of thiophene rings is 1. The highest BCUT2D eigenvalue weighted by Gasteiger charge is 2.15. The Morgan fingerprint density at radius 2 is 1.73 bits per heavy atom. The fraction of sp³-hybridized carbons (Fsp3) is 0. The molecule has 2 rings (SSSR count). The molecule has 0 saturated carbocycles. The Morgan fingerprint density at radius 1 is 1.07 bits per heavy atom. The third-order valence-corrected chi connectivity index (χ3v) is 3.09. The van der Waals surface area contributed by atoms with Gasteiger partial charge in [0, 0.05) is 15.5 Å². The molecular formula is C10H6O4S. The van der Waals surface area contributed by atoms with E-state index < -0.39 is 11.9 Å².